The molecule has 3 aliphatic rings. The Balaban J connectivity index is 1.89. The fraction of sp³-hybridized carbons (Fsp3) is 1.00. The first-order chi connectivity index (χ1) is 10.1. The zero-order valence-electron chi connectivity index (χ0n) is 13.2. The second-order valence-corrected chi connectivity index (χ2v) is 6.93. The summed E-state index contributed by atoms with van der Waals surface area (Å²) in [6, 6.07) is 0. The first-order valence-electron chi connectivity index (χ1n) is 7.43. The molecule has 128 valence electrons. The Bertz CT molecular complexity index is 439. The molecule has 0 aromatic rings. The maximum atomic E-state index is 10.3. The van der Waals surface area contributed by atoms with Gasteiger partial charge in [-0.1, -0.05) is 0 Å². The summed E-state index contributed by atoms with van der Waals surface area (Å²) in [6.07, 6.45) is -4.09. The van der Waals surface area contributed by atoms with Gasteiger partial charge in [-0.15, -0.1) is 0 Å². The molecule has 0 aromatic carbocycles. The van der Waals surface area contributed by atoms with Crippen LogP contribution in [0, 0.1) is 0 Å². The van der Waals surface area contributed by atoms with Crippen LogP contribution in [0.4, 0.5) is 0 Å². The molecule has 22 heavy (non-hydrogen) atoms. The highest BCUT2D eigenvalue weighted by atomic mass is 16.8. The molecule has 0 spiro atoms. The van der Waals surface area contributed by atoms with Gasteiger partial charge in [0.2, 0.25) is 0 Å². The van der Waals surface area contributed by atoms with E-state index >= 15 is 0 Å². The number of aliphatic hydroxyl groups excluding tert-OH is 3. The molecule has 3 heterocycles. The lowest BCUT2D eigenvalue weighted by atomic mass is 9.92. The molecule has 0 radical (unpaired) electrons. The number of aliphatic hydroxyl groups is 3. The van der Waals surface area contributed by atoms with Crippen molar-refractivity contribution in [2.75, 3.05) is 13.2 Å². The Morgan fingerprint density at radius 2 is 1.59 bits per heavy atom. The molecular weight excluding hydrogens is 296 g/mol. The quantitative estimate of drug-likeness (QED) is 0.614. The van der Waals surface area contributed by atoms with Crippen LogP contribution in [0.1, 0.15) is 27.7 Å². The van der Waals surface area contributed by atoms with Gasteiger partial charge in [-0.3, -0.25) is 0 Å². The smallest absolute Gasteiger partial charge is 0.189 e. The molecule has 1 unspecified atom stereocenters. The van der Waals surface area contributed by atoms with E-state index in [4.69, 9.17) is 23.7 Å². The summed E-state index contributed by atoms with van der Waals surface area (Å²) in [6.45, 7) is 6.15. The van der Waals surface area contributed by atoms with Gasteiger partial charge in [0.05, 0.1) is 13.2 Å². The van der Waals surface area contributed by atoms with E-state index in [1.807, 2.05) is 0 Å². The number of hydrogen-bond donors (Lipinski definition) is 3. The average molecular weight is 320 g/mol. The van der Waals surface area contributed by atoms with Gasteiger partial charge in [0.25, 0.3) is 0 Å². The van der Waals surface area contributed by atoms with Gasteiger partial charge in [-0.25, -0.2) is 0 Å². The zero-order chi connectivity index (χ0) is 16.3. The van der Waals surface area contributed by atoms with Crippen LogP contribution >= 0.6 is 0 Å². The number of hydrogen-bond acceptors (Lipinski definition) is 8. The molecular formula is C14H24O8. The number of rotatable bonds is 3. The van der Waals surface area contributed by atoms with Crippen LogP contribution in [0.2, 0.25) is 0 Å². The van der Waals surface area contributed by atoms with E-state index in [0.29, 0.717) is 0 Å². The van der Waals surface area contributed by atoms with Crippen molar-refractivity contribution < 1.29 is 39.0 Å². The Labute approximate surface area is 128 Å². The van der Waals surface area contributed by atoms with E-state index in [2.05, 4.69) is 0 Å². The minimum Gasteiger partial charge on any atom is -0.394 e. The molecule has 3 rings (SSSR count). The second kappa shape index (κ2) is 5.09. The molecule has 0 aromatic heterocycles. The maximum Gasteiger partial charge on any atom is 0.189 e. The molecule has 0 bridgehead atoms. The normalized spacial score (nSPS) is 49.5. The fourth-order valence-corrected chi connectivity index (χ4v) is 3.55. The van der Waals surface area contributed by atoms with Gasteiger partial charge in [-0.2, -0.15) is 0 Å². The highest BCUT2D eigenvalue weighted by Gasteiger charge is 2.68. The monoisotopic (exact) mass is 320 g/mol. The predicted octanol–water partition coefficient (Wildman–Crippen LogP) is -0.901. The van der Waals surface area contributed by atoms with E-state index in [1.165, 1.54) is 0 Å². The SMILES string of the molecule is CC1(C)O[C@H]([C@H]2OC(O)[C@]3(CO)OC(C)(C)O[C@H]23)[C@H](CO)O1. The van der Waals surface area contributed by atoms with Crippen LogP contribution in [-0.2, 0) is 23.7 Å². The van der Waals surface area contributed by atoms with Gasteiger partial charge in [-0.05, 0) is 27.7 Å². The summed E-state index contributed by atoms with van der Waals surface area (Å²) in [5.41, 5.74) is -1.37. The Kier molecular flexibility index (Phi) is 3.82. The first kappa shape index (κ1) is 16.5. The van der Waals surface area contributed by atoms with Gasteiger partial charge in [0, 0.05) is 0 Å². The minimum atomic E-state index is -1.37. The Morgan fingerprint density at radius 1 is 0.909 bits per heavy atom. The molecule has 8 nitrogen and oxygen atoms in total. The molecule has 3 saturated heterocycles. The molecule has 3 N–H and O–H groups in total. The average Bonchev–Trinajstić information content (AvgIpc) is 2.97. The van der Waals surface area contributed by atoms with Crippen molar-refractivity contribution in [3.63, 3.8) is 0 Å². The van der Waals surface area contributed by atoms with Crippen molar-refractivity contribution in [3.8, 4) is 0 Å². The molecule has 0 amide bonds. The molecule has 6 atom stereocenters. The van der Waals surface area contributed by atoms with Crippen LogP contribution in [0.3, 0.4) is 0 Å². The van der Waals surface area contributed by atoms with E-state index < -0.39 is 54.5 Å². The number of fused-ring (bicyclic) bond motifs is 1. The van der Waals surface area contributed by atoms with Crippen molar-refractivity contribution in [1.82, 2.24) is 0 Å². The minimum absolute atomic E-state index is 0.257. The van der Waals surface area contributed by atoms with Crippen LogP contribution in [0.25, 0.3) is 0 Å². The molecule has 3 fully saturated rings. The maximum absolute atomic E-state index is 10.3. The second-order valence-electron chi connectivity index (χ2n) is 6.93. The van der Waals surface area contributed by atoms with Crippen LogP contribution in [0.5, 0.6) is 0 Å². The van der Waals surface area contributed by atoms with Crippen molar-refractivity contribution in [1.29, 1.82) is 0 Å². The number of ether oxygens (including phenoxy) is 5. The molecule has 0 saturated carbocycles. The van der Waals surface area contributed by atoms with Crippen molar-refractivity contribution in [3.05, 3.63) is 0 Å². The van der Waals surface area contributed by atoms with Gasteiger partial charge in [0.1, 0.15) is 24.4 Å². The lowest BCUT2D eigenvalue weighted by molar-refractivity contribution is -0.261. The third-order valence-electron chi connectivity index (χ3n) is 4.30. The van der Waals surface area contributed by atoms with Gasteiger partial charge < -0.3 is 39.0 Å². The highest BCUT2D eigenvalue weighted by Crippen LogP contribution is 2.48. The Morgan fingerprint density at radius 3 is 2.18 bits per heavy atom. The summed E-state index contributed by atoms with van der Waals surface area (Å²) >= 11 is 0. The van der Waals surface area contributed by atoms with Gasteiger partial charge in [0.15, 0.2) is 23.5 Å². The molecule has 3 aliphatic heterocycles. The molecule has 8 heteroatoms. The van der Waals surface area contributed by atoms with E-state index in [1.54, 1.807) is 27.7 Å². The zero-order valence-corrected chi connectivity index (χ0v) is 13.2. The van der Waals surface area contributed by atoms with Crippen LogP contribution in [0.15, 0.2) is 0 Å². The van der Waals surface area contributed by atoms with E-state index in [-0.39, 0.29) is 6.61 Å². The standard InChI is InChI=1S/C14H24O8/c1-12(2)19-7(5-15)8(20-12)9-10-14(6-16,11(17)18-9)22-13(3,4)21-10/h7-11,15-17H,5-6H2,1-4H3/t7-,8-,9+,10+,11?,14+/m0/s1. The third-order valence-corrected chi connectivity index (χ3v) is 4.30. The first-order valence-corrected chi connectivity index (χ1v) is 7.43. The predicted molar refractivity (Wildman–Crippen MR) is 71.6 cm³/mol. The fourth-order valence-electron chi connectivity index (χ4n) is 3.55. The van der Waals surface area contributed by atoms with Crippen LogP contribution < -0.4 is 0 Å². The van der Waals surface area contributed by atoms with Crippen molar-refractivity contribution in [2.45, 2.75) is 75.6 Å². The largest absolute Gasteiger partial charge is 0.394 e. The highest BCUT2D eigenvalue weighted by molar-refractivity contribution is 5.10. The van der Waals surface area contributed by atoms with Crippen molar-refractivity contribution in [2.24, 2.45) is 0 Å². The van der Waals surface area contributed by atoms with E-state index in [0.717, 1.165) is 0 Å². The summed E-state index contributed by atoms with van der Waals surface area (Å²) in [5, 5.41) is 29.5. The van der Waals surface area contributed by atoms with Crippen LogP contribution in [-0.4, -0.2) is 76.4 Å². The summed E-state index contributed by atoms with van der Waals surface area (Å²) in [7, 11) is 0. The lowest BCUT2D eigenvalue weighted by Gasteiger charge is -2.27. The summed E-state index contributed by atoms with van der Waals surface area (Å²) in [4.78, 5) is 0. The van der Waals surface area contributed by atoms with Crippen molar-refractivity contribution >= 4 is 0 Å². The lowest BCUT2D eigenvalue weighted by Crippen LogP contribution is -2.52. The summed E-state index contributed by atoms with van der Waals surface area (Å²) in [5.74, 6) is -1.86. The third kappa shape index (κ3) is 2.38. The Hall–Kier alpha value is -0.320. The summed E-state index contributed by atoms with van der Waals surface area (Å²) < 4.78 is 28.6. The van der Waals surface area contributed by atoms with Gasteiger partial charge >= 0.3 is 0 Å². The topological polar surface area (TPSA) is 107 Å². The van der Waals surface area contributed by atoms with E-state index in [9.17, 15) is 15.3 Å². The molecule has 0 aliphatic carbocycles.